The van der Waals surface area contributed by atoms with Crippen LogP contribution in [0.15, 0.2) is 23.2 Å². The van der Waals surface area contributed by atoms with Crippen molar-refractivity contribution in [1.29, 1.82) is 0 Å². The summed E-state index contributed by atoms with van der Waals surface area (Å²) >= 11 is 0. The largest absolute Gasteiger partial charge is 0.494 e. The van der Waals surface area contributed by atoms with Gasteiger partial charge in [-0.25, -0.2) is 22.2 Å². The Hall–Kier alpha value is -2.47. The fourth-order valence-corrected chi connectivity index (χ4v) is 4.50. The van der Waals surface area contributed by atoms with Crippen LogP contribution in [0.1, 0.15) is 48.5 Å². The lowest BCUT2D eigenvalue weighted by Gasteiger charge is -2.31. The van der Waals surface area contributed by atoms with Gasteiger partial charge in [0.05, 0.1) is 12.4 Å². The van der Waals surface area contributed by atoms with E-state index in [4.69, 9.17) is 9.57 Å². The molecule has 2 N–H and O–H groups in total. The Labute approximate surface area is 205 Å². The van der Waals surface area contributed by atoms with Crippen LogP contribution in [0.2, 0.25) is 0 Å². The second-order valence-corrected chi connectivity index (χ2v) is 11.6. The Morgan fingerprint density at radius 2 is 2.09 bits per heavy atom. The lowest BCUT2D eigenvalue weighted by Crippen LogP contribution is -2.42. The summed E-state index contributed by atoms with van der Waals surface area (Å²) in [5.41, 5.74) is 1.86. The minimum Gasteiger partial charge on any atom is -0.494 e. The lowest BCUT2D eigenvalue weighted by molar-refractivity contribution is -0.00761. The molecule has 1 saturated heterocycles. The molecule has 1 fully saturated rings. The number of rotatable bonds is 10. The van der Waals surface area contributed by atoms with E-state index in [9.17, 15) is 22.0 Å². The summed E-state index contributed by atoms with van der Waals surface area (Å²) in [4.78, 5) is 23.4. The van der Waals surface area contributed by atoms with Crippen molar-refractivity contribution < 1.29 is 31.6 Å². The van der Waals surface area contributed by atoms with Crippen LogP contribution in [0.25, 0.3) is 0 Å². The first-order valence-electron chi connectivity index (χ1n) is 11.7. The number of likely N-dealkylation sites (tertiary alicyclic amines) is 1. The van der Waals surface area contributed by atoms with Gasteiger partial charge in [0.15, 0.2) is 0 Å². The Morgan fingerprint density at radius 1 is 1.37 bits per heavy atom. The number of sulfone groups is 1. The molecule has 0 aliphatic carbocycles. The van der Waals surface area contributed by atoms with Gasteiger partial charge in [0, 0.05) is 31.5 Å². The zero-order valence-corrected chi connectivity index (χ0v) is 21.2. The monoisotopic (exact) mass is 516 g/mol. The number of aliphatic imine (C=N–C) groups is 1. The van der Waals surface area contributed by atoms with Gasteiger partial charge in [-0.15, -0.1) is 5.48 Å². The van der Waals surface area contributed by atoms with E-state index >= 15 is 0 Å². The molecule has 12 heteroatoms. The van der Waals surface area contributed by atoms with Crippen LogP contribution < -0.4 is 15.5 Å². The Bertz CT molecular complexity index is 1030. The van der Waals surface area contributed by atoms with E-state index in [0.717, 1.165) is 37.5 Å². The predicted molar refractivity (Wildman–Crippen MR) is 128 cm³/mol. The third-order valence-electron chi connectivity index (χ3n) is 6.21. The Kier molecular flexibility index (Phi) is 8.92. The molecule has 196 valence electrons. The van der Waals surface area contributed by atoms with E-state index in [2.05, 4.69) is 15.8 Å². The van der Waals surface area contributed by atoms with Crippen molar-refractivity contribution in [1.82, 2.24) is 15.7 Å². The van der Waals surface area contributed by atoms with Gasteiger partial charge in [-0.05, 0) is 69.2 Å². The van der Waals surface area contributed by atoms with Crippen LogP contribution in [0.3, 0.4) is 0 Å². The Morgan fingerprint density at radius 3 is 2.69 bits per heavy atom. The molecular formula is C23H34F2N4O5S. The standard InChI is InChI=1S/C23H34F2N4O5S/c1-16-15-18(6-7-19(16)20(30)26-10-14-35(3,31)32)33-13-4-5-17-8-11-29(12-9-17)22-27-23(2,21(24)25)28-34-22/h6-7,15,17,21,28H,4-5,8-14H2,1-3H3,(H,26,30). The van der Waals surface area contributed by atoms with Gasteiger partial charge >= 0.3 is 6.02 Å². The maximum absolute atomic E-state index is 13.1. The maximum atomic E-state index is 13.1. The molecule has 1 aromatic rings. The molecule has 35 heavy (non-hydrogen) atoms. The molecule has 9 nitrogen and oxygen atoms in total. The minimum atomic E-state index is -3.13. The summed E-state index contributed by atoms with van der Waals surface area (Å²) in [6.45, 7) is 5.15. The molecule has 0 radical (unpaired) electrons. The first-order valence-corrected chi connectivity index (χ1v) is 13.8. The number of amides is 1. The number of benzene rings is 1. The zero-order valence-electron chi connectivity index (χ0n) is 20.4. The number of carbonyl (C=O) groups is 1. The molecule has 1 unspecified atom stereocenters. The molecule has 0 bridgehead atoms. The van der Waals surface area contributed by atoms with Crippen LogP contribution >= 0.6 is 0 Å². The topological polar surface area (TPSA) is 109 Å². The van der Waals surface area contributed by atoms with Crippen LogP contribution in [-0.4, -0.2) is 75.6 Å². The van der Waals surface area contributed by atoms with Gasteiger partial charge in [0.2, 0.25) is 5.66 Å². The number of ether oxygens (including phenoxy) is 1. The number of alkyl halides is 2. The highest BCUT2D eigenvalue weighted by atomic mass is 32.2. The summed E-state index contributed by atoms with van der Waals surface area (Å²) in [5, 5.41) is 2.62. The third-order valence-corrected chi connectivity index (χ3v) is 7.16. The minimum absolute atomic E-state index is 0.0708. The summed E-state index contributed by atoms with van der Waals surface area (Å²) in [6.07, 6.45) is 2.20. The molecule has 2 aliphatic heterocycles. The third kappa shape index (κ3) is 7.76. The smallest absolute Gasteiger partial charge is 0.309 e. The van der Waals surface area contributed by atoms with Crippen LogP contribution in [0, 0.1) is 12.8 Å². The van der Waals surface area contributed by atoms with Gasteiger partial charge in [-0.1, -0.05) is 0 Å². The van der Waals surface area contributed by atoms with Gasteiger partial charge in [-0.2, -0.15) is 0 Å². The van der Waals surface area contributed by atoms with Crippen molar-refractivity contribution in [3.63, 3.8) is 0 Å². The number of hydrogen-bond donors (Lipinski definition) is 2. The number of aryl methyl sites for hydroxylation is 1. The molecule has 0 saturated carbocycles. The molecular weight excluding hydrogens is 482 g/mol. The number of hydroxylamine groups is 1. The van der Waals surface area contributed by atoms with Gasteiger partial charge in [-0.3, -0.25) is 4.79 Å². The summed E-state index contributed by atoms with van der Waals surface area (Å²) in [6, 6.07) is 5.45. The molecule has 0 aromatic heterocycles. The fraction of sp³-hybridized carbons (Fsp3) is 0.652. The lowest BCUT2D eigenvalue weighted by atomic mass is 9.92. The first kappa shape index (κ1) is 27.1. The van der Waals surface area contributed by atoms with Gasteiger partial charge in [0.25, 0.3) is 12.3 Å². The molecule has 1 atom stereocenters. The van der Waals surface area contributed by atoms with E-state index in [-0.39, 0.29) is 24.2 Å². The number of nitrogens with zero attached hydrogens (tertiary/aromatic N) is 2. The highest BCUT2D eigenvalue weighted by molar-refractivity contribution is 7.90. The number of halogens is 2. The highest BCUT2D eigenvalue weighted by Gasteiger charge is 2.42. The zero-order chi connectivity index (χ0) is 25.6. The molecule has 2 aliphatic rings. The van der Waals surface area contributed by atoms with Crippen molar-refractivity contribution >= 4 is 21.8 Å². The van der Waals surface area contributed by atoms with Gasteiger partial charge < -0.3 is 19.8 Å². The van der Waals surface area contributed by atoms with Crippen molar-refractivity contribution in [3.8, 4) is 5.75 Å². The quantitative estimate of drug-likeness (QED) is 0.460. The molecule has 1 amide bonds. The summed E-state index contributed by atoms with van der Waals surface area (Å²) in [7, 11) is -3.13. The maximum Gasteiger partial charge on any atom is 0.309 e. The summed E-state index contributed by atoms with van der Waals surface area (Å²) in [5.74, 6) is 0.783. The van der Waals surface area contributed by atoms with Crippen LogP contribution in [0.5, 0.6) is 5.75 Å². The number of piperidine rings is 1. The van der Waals surface area contributed by atoms with Crippen LogP contribution in [0.4, 0.5) is 8.78 Å². The normalized spacial score (nSPS) is 21.1. The SMILES string of the molecule is Cc1cc(OCCCC2CCN(C3=NC(C)(C(F)F)NO3)CC2)ccc1C(=O)NCCS(C)(=O)=O. The average molecular weight is 517 g/mol. The second kappa shape index (κ2) is 11.5. The van der Waals surface area contributed by atoms with Crippen molar-refractivity contribution in [2.45, 2.75) is 51.6 Å². The van der Waals surface area contributed by atoms with E-state index in [1.807, 2.05) is 11.8 Å². The van der Waals surface area contributed by atoms with E-state index in [0.29, 0.717) is 36.9 Å². The van der Waals surface area contributed by atoms with E-state index < -0.39 is 21.9 Å². The predicted octanol–water partition coefficient (Wildman–Crippen LogP) is 2.51. The fourth-order valence-electron chi connectivity index (χ4n) is 4.02. The van der Waals surface area contributed by atoms with Crippen LogP contribution in [-0.2, 0) is 14.7 Å². The number of hydrogen-bond acceptors (Lipinski definition) is 8. The molecule has 0 spiro atoms. The van der Waals surface area contributed by atoms with Crippen molar-refractivity contribution in [2.75, 3.05) is 38.2 Å². The molecule has 1 aromatic carbocycles. The molecule has 2 heterocycles. The highest BCUT2D eigenvalue weighted by Crippen LogP contribution is 2.27. The number of nitrogens with one attached hydrogen (secondary N) is 2. The Balaban J connectivity index is 1.36. The number of carbonyl (C=O) groups excluding carboxylic acids is 1. The van der Waals surface area contributed by atoms with Gasteiger partial charge in [0.1, 0.15) is 15.6 Å². The number of amidine groups is 1. The first-order chi connectivity index (χ1) is 16.5. The second-order valence-electron chi connectivity index (χ2n) is 9.33. The van der Waals surface area contributed by atoms with Crippen molar-refractivity contribution in [3.05, 3.63) is 29.3 Å². The summed E-state index contributed by atoms with van der Waals surface area (Å²) < 4.78 is 54.4. The molecule has 3 rings (SSSR count). The van der Waals surface area contributed by atoms with E-state index in [1.165, 1.54) is 6.92 Å². The van der Waals surface area contributed by atoms with E-state index in [1.54, 1.807) is 18.2 Å². The van der Waals surface area contributed by atoms with Crippen molar-refractivity contribution in [2.24, 2.45) is 10.9 Å². The average Bonchev–Trinajstić information content (AvgIpc) is 3.20.